The lowest BCUT2D eigenvalue weighted by molar-refractivity contribution is 0.288. The molecule has 4 aromatic rings. The van der Waals surface area contributed by atoms with Gasteiger partial charge in [0.25, 0.3) is 0 Å². The van der Waals surface area contributed by atoms with Gasteiger partial charge in [-0.1, -0.05) is 28.9 Å². The lowest BCUT2D eigenvalue weighted by atomic mass is 9.91. The third-order valence-electron chi connectivity index (χ3n) is 6.53. The van der Waals surface area contributed by atoms with Crippen LogP contribution in [-0.2, 0) is 6.42 Å². The lowest BCUT2D eigenvalue weighted by Gasteiger charge is -2.34. The van der Waals surface area contributed by atoms with E-state index in [1.807, 2.05) is 30.3 Å². The van der Waals surface area contributed by atoms with Crippen LogP contribution >= 0.6 is 11.6 Å². The maximum absolute atomic E-state index is 13.5. The van der Waals surface area contributed by atoms with Crippen LogP contribution in [0.15, 0.2) is 59.1 Å². The smallest absolute Gasteiger partial charge is 0.184 e. The van der Waals surface area contributed by atoms with Crippen molar-refractivity contribution in [2.45, 2.75) is 31.6 Å². The molecule has 1 fully saturated rings. The number of methoxy groups -OCH3 is 1. The third kappa shape index (κ3) is 5.22. The molecule has 0 bridgehead atoms. The van der Waals surface area contributed by atoms with Crippen LogP contribution in [0, 0.1) is 11.9 Å². The fraction of sp³-hybridized carbons (Fsp3) is 0.321. The van der Waals surface area contributed by atoms with Crippen molar-refractivity contribution in [3.8, 4) is 11.5 Å². The first kappa shape index (κ1) is 23.5. The Morgan fingerprint density at radius 3 is 2.83 bits per heavy atom. The Balaban J connectivity index is 1.22. The molecule has 0 spiro atoms. The number of piperidine rings is 1. The van der Waals surface area contributed by atoms with Crippen LogP contribution in [0.25, 0.3) is 11.0 Å². The van der Waals surface area contributed by atoms with Crippen molar-refractivity contribution < 1.29 is 18.4 Å². The van der Waals surface area contributed by atoms with Crippen LogP contribution in [0.1, 0.15) is 36.4 Å². The Kier molecular flexibility index (Phi) is 7.09. The zero-order valence-electron chi connectivity index (χ0n) is 19.6. The van der Waals surface area contributed by atoms with Gasteiger partial charge in [-0.15, -0.1) is 0 Å². The van der Waals surface area contributed by atoms with Gasteiger partial charge in [0, 0.05) is 41.5 Å². The van der Waals surface area contributed by atoms with E-state index in [0.717, 1.165) is 60.6 Å². The van der Waals surface area contributed by atoms with Gasteiger partial charge in [-0.2, -0.15) is 0 Å². The Labute approximate surface area is 209 Å². The Hall–Kier alpha value is -3.25. The third-order valence-corrected chi connectivity index (χ3v) is 6.76. The summed E-state index contributed by atoms with van der Waals surface area (Å²) in [7, 11) is 1.67. The number of hydrogen-bond donors (Lipinski definition) is 0. The molecule has 0 N–H and O–H groups in total. The Morgan fingerprint density at radius 2 is 2.03 bits per heavy atom. The van der Waals surface area contributed by atoms with Gasteiger partial charge in [0.05, 0.1) is 25.1 Å². The number of hydrogen-bond acceptors (Lipinski definition) is 5. The molecule has 7 heteroatoms. The van der Waals surface area contributed by atoms with E-state index < -0.39 is 0 Å². The Bertz CT molecular complexity index is 1300. The van der Waals surface area contributed by atoms with Crippen molar-refractivity contribution in [3.05, 3.63) is 82.8 Å². The average Bonchev–Trinajstić information content (AvgIpc) is 3.29. The molecular weight excluding hydrogens is 467 g/mol. The zero-order chi connectivity index (χ0) is 24.2. The van der Waals surface area contributed by atoms with Gasteiger partial charge in [-0.25, -0.2) is 4.39 Å². The number of rotatable bonds is 8. The highest BCUT2D eigenvalue weighted by Crippen LogP contribution is 2.40. The summed E-state index contributed by atoms with van der Waals surface area (Å²) in [5, 5.41) is 5.90. The molecule has 1 saturated heterocycles. The first-order chi connectivity index (χ1) is 17.1. The molecule has 0 aliphatic carbocycles. The van der Waals surface area contributed by atoms with Crippen LogP contribution in [-0.4, -0.2) is 32.0 Å². The molecule has 1 radical (unpaired) electrons. The number of benzene rings is 3. The van der Waals surface area contributed by atoms with Crippen molar-refractivity contribution in [1.29, 1.82) is 0 Å². The number of fused-ring (bicyclic) bond motifs is 1. The number of nitrogens with zero attached hydrogens (tertiary/aromatic N) is 2. The summed E-state index contributed by atoms with van der Waals surface area (Å²) in [5.41, 5.74) is 3.61. The second-order valence-electron chi connectivity index (χ2n) is 8.78. The largest absolute Gasteiger partial charge is 0.491 e. The number of anilines is 1. The molecule has 35 heavy (non-hydrogen) atoms. The molecule has 0 unspecified atom stereocenters. The summed E-state index contributed by atoms with van der Waals surface area (Å²) in [6.07, 6.45) is 3.58. The van der Waals surface area contributed by atoms with Gasteiger partial charge in [0.1, 0.15) is 5.82 Å². The van der Waals surface area contributed by atoms with E-state index in [9.17, 15) is 4.39 Å². The second kappa shape index (κ2) is 10.6. The van der Waals surface area contributed by atoms with Crippen LogP contribution in [0.4, 0.5) is 10.1 Å². The van der Waals surface area contributed by atoms with Crippen molar-refractivity contribution in [2.24, 2.45) is 0 Å². The van der Waals surface area contributed by atoms with Crippen molar-refractivity contribution in [2.75, 3.05) is 31.7 Å². The van der Waals surface area contributed by atoms with Gasteiger partial charge in [0.15, 0.2) is 17.1 Å². The molecule has 1 aromatic heterocycles. The standard InChI is InChI=1S/C28H27ClFN2O3/c1-33-28-24(8-3-9-25(28)34-16-4-6-19-5-2-7-21(29)17-19)32-14-12-20(13-15-32)27-23-11-10-22(30)18-26(23)35-31-27/h2-3,5,7-8,10-11,17-18,20H,4,6,12-16H2,1H3. The molecule has 1 aliphatic rings. The highest BCUT2D eigenvalue weighted by Gasteiger charge is 2.27. The molecule has 3 aromatic carbocycles. The van der Waals surface area contributed by atoms with Gasteiger partial charge in [-0.3, -0.25) is 0 Å². The minimum absolute atomic E-state index is 0.265. The number of halogens is 2. The first-order valence-corrected chi connectivity index (χ1v) is 12.3. The summed E-state index contributed by atoms with van der Waals surface area (Å²) >= 11 is 6.07. The maximum atomic E-state index is 13.5. The molecule has 5 rings (SSSR count). The number of aryl methyl sites for hydroxylation is 1. The summed E-state index contributed by atoms with van der Waals surface area (Å²) < 4.78 is 30.7. The van der Waals surface area contributed by atoms with Crippen LogP contribution in [0.5, 0.6) is 11.5 Å². The fourth-order valence-electron chi connectivity index (χ4n) is 4.77. The maximum Gasteiger partial charge on any atom is 0.184 e. The van der Waals surface area contributed by atoms with Crippen LogP contribution < -0.4 is 14.4 Å². The van der Waals surface area contributed by atoms with Crippen molar-refractivity contribution in [3.63, 3.8) is 0 Å². The highest BCUT2D eigenvalue weighted by molar-refractivity contribution is 6.30. The predicted octanol–water partition coefficient (Wildman–Crippen LogP) is 6.82. The van der Waals surface area contributed by atoms with Crippen molar-refractivity contribution >= 4 is 28.3 Å². The summed E-state index contributed by atoms with van der Waals surface area (Å²) in [4.78, 5) is 2.31. The first-order valence-electron chi connectivity index (χ1n) is 11.9. The van der Waals surface area contributed by atoms with Crippen LogP contribution in [0.2, 0.25) is 5.02 Å². The minimum atomic E-state index is -0.314. The van der Waals surface area contributed by atoms with E-state index in [2.05, 4.69) is 22.2 Å². The summed E-state index contributed by atoms with van der Waals surface area (Å²) in [6, 6.07) is 19.6. The molecule has 5 nitrogen and oxygen atoms in total. The van der Waals surface area contributed by atoms with E-state index >= 15 is 0 Å². The molecule has 0 atom stereocenters. The van der Waals surface area contributed by atoms with E-state index in [-0.39, 0.29) is 11.7 Å². The van der Waals surface area contributed by atoms with Gasteiger partial charge >= 0.3 is 0 Å². The minimum Gasteiger partial charge on any atom is -0.491 e. The van der Waals surface area contributed by atoms with E-state index in [0.29, 0.717) is 23.7 Å². The van der Waals surface area contributed by atoms with E-state index in [1.54, 1.807) is 13.2 Å². The highest BCUT2D eigenvalue weighted by atomic mass is 35.5. The van der Waals surface area contributed by atoms with Gasteiger partial charge in [-0.05, 0) is 67.6 Å². The van der Waals surface area contributed by atoms with Crippen molar-refractivity contribution in [1.82, 2.24) is 5.16 Å². The van der Waals surface area contributed by atoms with Gasteiger partial charge < -0.3 is 18.9 Å². The molecular formula is C28H27ClFN2O3. The SMILES string of the molecule is COc1c(OCCCc2cccc(Cl)c2)[c]ccc1N1CCC(c2noc3cc(F)ccc23)CC1. The van der Waals surface area contributed by atoms with E-state index in [4.69, 9.17) is 25.6 Å². The quantitative estimate of drug-likeness (QED) is 0.252. The normalized spacial score (nSPS) is 14.4. The monoisotopic (exact) mass is 493 g/mol. The fourth-order valence-corrected chi connectivity index (χ4v) is 4.98. The second-order valence-corrected chi connectivity index (χ2v) is 9.21. The molecule has 0 saturated carbocycles. The molecule has 181 valence electrons. The average molecular weight is 494 g/mol. The summed E-state index contributed by atoms with van der Waals surface area (Å²) in [5.74, 6) is 1.28. The number of aromatic nitrogens is 1. The van der Waals surface area contributed by atoms with Gasteiger partial charge in [0.2, 0.25) is 0 Å². The zero-order valence-corrected chi connectivity index (χ0v) is 20.4. The molecule has 0 amide bonds. The topological polar surface area (TPSA) is 47.7 Å². The lowest BCUT2D eigenvalue weighted by Crippen LogP contribution is -2.33. The summed E-state index contributed by atoms with van der Waals surface area (Å²) in [6.45, 7) is 2.24. The molecule has 1 aliphatic heterocycles. The van der Waals surface area contributed by atoms with E-state index in [1.165, 1.54) is 17.7 Å². The molecule has 2 heterocycles. The van der Waals surface area contributed by atoms with Crippen LogP contribution in [0.3, 0.4) is 0 Å². The predicted molar refractivity (Wildman–Crippen MR) is 135 cm³/mol. The Morgan fingerprint density at radius 1 is 1.17 bits per heavy atom. The number of ether oxygens (including phenoxy) is 2.